The van der Waals surface area contributed by atoms with Crippen molar-refractivity contribution >= 4 is 6.92 Å². The third-order valence-electron chi connectivity index (χ3n) is 1.60. The van der Waals surface area contributed by atoms with E-state index >= 15 is 0 Å². The van der Waals surface area contributed by atoms with Crippen molar-refractivity contribution in [2.45, 2.75) is 39.3 Å². The van der Waals surface area contributed by atoms with Gasteiger partial charge < -0.3 is 4.65 Å². The maximum absolute atomic E-state index is 5.49. The quantitative estimate of drug-likeness (QED) is 0.322. The molecule has 0 aliphatic rings. The molecule has 0 rings (SSSR count). The summed E-state index contributed by atoms with van der Waals surface area (Å²) in [6.45, 7) is 5.45. The summed E-state index contributed by atoms with van der Waals surface area (Å²) in [6, 6.07) is 0. The standard InChI is InChI=1S/C9H17BO/c1-4-6-8-10(3)11-9-7-5-2/h1H,5-9H2,2-3H3. The van der Waals surface area contributed by atoms with Gasteiger partial charge in [-0.15, -0.1) is 12.3 Å². The molecule has 0 bridgehead atoms. The van der Waals surface area contributed by atoms with Crippen LogP contribution in [0.4, 0.5) is 0 Å². The van der Waals surface area contributed by atoms with Gasteiger partial charge in [-0.2, -0.15) is 0 Å². The highest BCUT2D eigenvalue weighted by atomic mass is 16.4. The van der Waals surface area contributed by atoms with Gasteiger partial charge in [-0.1, -0.05) is 20.2 Å². The molecule has 1 nitrogen and oxygen atoms in total. The van der Waals surface area contributed by atoms with Gasteiger partial charge in [-0.25, -0.2) is 0 Å². The largest absolute Gasteiger partial charge is 0.436 e. The fourth-order valence-corrected chi connectivity index (χ4v) is 0.799. The zero-order valence-electron chi connectivity index (χ0n) is 7.60. The molecule has 0 saturated carbocycles. The Labute approximate surface area is 70.6 Å². The Morgan fingerprint density at radius 2 is 2.27 bits per heavy atom. The summed E-state index contributed by atoms with van der Waals surface area (Å²) in [5, 5.41) is 0. The zero-order chi connectivity index (χ0) is 8.53. The van der Waals surface area contributed by atoms with Gasteiger partial charge in [-0.05, 0) is 12.7 Å². The molecule has 0 amide bonds. The van der Waals surface area contributed by atoms with Crippen LogP contribution in [0.1, 0.15) is 26.2 Å². The van der Waals surface area contributed by atoms with E-state index in [1.165, 1.54) is 6.42 Å². The highest BCUT2D eigenvalue weighted by Gasteiger charge is 2.05. The second-order valence-corrected chi connectivity index (χ2v) is 2.78. The summed E-state index contributed by atoms with van der Waals surface area (Å²) in [5.41, 5.74) is 0. The van der Waals surface area contributed by atoms with Crippen LogP contribution < -0.4 is 0 Å². The van der Waals surface area contributed by atoms with E-state index in [9.17, 15) is 0 Å². The second kappa shape index (κ2) is 7.69. The van der Waals surface area contributed by atoms with Crippen molar-refractivity contribution in [1.82, 2.24) is 0 Å². The Hall–Kier alpha value is -0.415. The van der Waals surface area contributed by atoms with Crippen molar-refractivity contribution in [1.29, 1.82) is 0 Å². The molecular weight excluding hydrogens is 135 g/mol. The lowest BCUT2D eigenvalue weighted by atomic mass is 9.66. The Morgan fingerprint density at radius 3 is 2.82 bits per heavy atom. The van der Waals surface area contributed by atoms with Gasteiger partial charge in [0.15, 0.2) is 0 Å². The highest BCUT2D eigenvalue weighted by Crippen LogP contribution is 1.99. The van der Waals surface area contributed by atoms with Gasteiger partial charge in [-0.3, -0.25) is 0 Å². The summed E-state index contributed by atoms with van der Waals surface area (Å²) >= 11 is 0. The van der Waals surface area contributed by atoms with Crippen molar-refractivity contribution < 1.29 is 4.65 Å². The van der Waals surface area contributed by atoms with Crippen LogP contribution in [0.2, 0.25) is 13.1 Å². The Kier molecular flexibility index (Phi) is 7.40. The molecule has 0 aromatic rings. The zero-order valence-corrected chi connectivity index (χ0v) is 7.60. The number of unbranched alkanes of at least 4 members (excludes halogenated alkanes) is 1. The average Bonchev–Trinajstić information content (AvgIpc) is 2.01. The number of rotatable bonds is 6. The minimum atomic E-state index is 0.331. The lowest BCUT2D eigenvalue weighted by Gasteiger charge is -2.06. The van der Waals surface area contributed by atoms with E-state index in [2.05, 4.69) is 19.7 Å². The van der Waals surface area contributed by atoms with E-state index in [1.54, 1.807) is 0 Å². The van der Waals surface area contributed by atoms with E-state index in [1.807, 2.05) is 0 Å². The van der Waals surface area contributed by atoms with Crippen molar-refractivity contribution in [2.24, 2.45) is 0 Å². The van der Waals surface area contributed by atoms with Crippen molar-refractivity contribution in [2.75, 3.05) is 6.61 Å². The molecule has 0 fully saturated rings. The summed E-state index contributed by atoms with van der Waals surface area (Å²) < 4.78 is 5.49. The lowest BCUT2D eigenvalue weighted by molar-refractivity contribution is 0.313. The summed E-state index contributed by atoms with van der Waals surface area (Å²) in [4.78, 5) is 0. The highest BCUT2D eigenvalue weighted by molar-refractivity contribution is 6.50. The minimum Gasteiger partial charge on any atom is -0.436 e. The monoisotopic (exact) mass is 152 g/mol. The van der Waals surface area contributed by atoms with Gasteiger partial charge in [0.05, 0.1) is 0 Å². The first-order valence-electron chi connectivity index (χ1n) is 4.36. The van der Waals surface area contributed by atoms with Crippen molar-refractivity contribution in [3.05, 3.63) is 0 Å². The maximum Gasteiger partial charge on any atom is 0.290 e. The van der Waals surface area contributed by atoms with Crippen LogP contribution in [-0.2, 0) is 4.65 Å². The minimum absolute atomic E-state index is 0.331. The summed E-state index contributed by atoms with van der Waals surface area (Å²) in [7, 11) is 0. The Morgan fingerprint density at radius 1 is 1.55 bits per heavy atom. The van der Waals surface area contributed by atoms with Gasteiger partial charge in [0, 0.05) is 13.0 Å². The molecule has 0 unspecified atom stereocenters. The van der Waals surface area contributed by atoms with Crippen LogP contribution in [0, 0.1) is 12.3 Å². The SMILES string of the molecule is C#CCCB(C)OCCCC. The average molecular weight is 152 g/mol. The molecular formula is C9H17BO. The smallest absolute Gasteiger partial charge is 0.290 e. The van der Waals surface area contributed by atoms with Gasteiger partial charge in [0.1, 0.15) is 0 Å². The van der Waals surface area contributed by atoms with Crippen molar-refractivity contribution in [3.63, 3.8) is 0 Å². The third kappa shape index (κ3) is 7.48. The molecule has 11 heavy (non-hydrogen) atoms. The Bertz CT molecular complexity index is 117. The van der Waals surface area contributed by atoms with Gasteiger partial charge >= 0.3 is 0 Å². The molecule has 0 aromatic heterocycles. The van der Waals surface area contributed by atoms with Gasteiger partial charge in [0.2, 0.25) is 0 Å². The fraction of sp³-hybridized carbons (Fsp3) is 0.778. The Balaban J connectivity index is 3.10. The fourth-order valence-electron chi connectivity index (χ4n) is 0.799. The predicted octanol–water partition coefficient (Wildman–Crippen LogP) is 2.45. The maximum atomic E-state index is 5.49. The first-order valence-corrected chi connectivity index (χ1v) is 4.36. The molecule has 2 heteroatoms. The van der Waals surface area contributed by atoms with E-state index in [4.69, 9.17) is 11.1 Å². The van der Waals surface area contributed by atoms with Crippen molar-refractivity contribution in [3.8, 4) is 12.3 Å². The number of hydrogen-bond acceptors (Lipinski definition) is 1. The predicted molar refractivity (Wildman–Crippen MR) is 50.7 cm³/mol. The molecule has 0 saturated heterocycles. The van der Waals surface area contributed by atoms with Gasteiger partial charge in [0.25, 0.3) is 6.92 Å². The molecule has 0 N–H and O–H groups in total. The summed E-state index contributed by atoms with van der Waals surface area (Å²) in [6.07, 6.45) is 9.29. The molecule has 0 aliphatic carbocycles. The molecule has 0 heterocycles. The lowest BCUT2D eigenvalue weighted by Crippen LogP contribution is -2.13. The number of terminal acetylenes is 1. The second-order valence-electron chi connectivity index (χ2n) is 2.78. The summed E-state index contributed by atoms with van der Waals surface area (Å²) in [5.74, 6) is 2.61. The third-order valence-corrected chi connectivity index (χ3v) is 1.60. The molecule has 0 atom stereocenters. The molecule has 62 valence electrons. The first-order chi connectivity index (χ1) is 5.31. The molecule has 0 aromatic carbocycles. The molecule has 0 radical (unpaired) electrons. The van der Waals surface area contributed by atoms with Crippen LogP contribution in [-0.4, -0.2) is 13.5 Å². The van der Waals surface area contributed by atoms with Crippen LogP contribution in [0.25, 0.3) is 0 Å². The first kappa shape index (κ1) is 10.6. The van der Waals surface area contributed by atoms with Crippen LogP contribution in [0.3, 0.4) is 0 Å². The van der Waals surface area contributed by atoms with E-state index < -0.39 is 0 Å². The van der Waals surface area contributed by atoms with E-state index in [0.717, 1.165) is 25.8 Å². The topological polar surface area (TPSA) is 9.23 Å². The van der Waals surface area contributed by atoms with E-state index in [-0.39, 0.29) is 0 Å². The number of hydrogen-bond donors (Lipinski definition) is 0. The molecule has 0 aliphatic heterocycles. The van der Waals surface area contributed by atoms with Crippen LogP contribution in [0.5, 0.6) is 0 Å². The molecule has 0 spiro atoms. The van der Waals surface area contributed by atoms with Crippen LogP contribution >= 0.6 is 0 Å². The van der Waals surface area contributed by atoms with Crippen LogP contribution in [0.15, 0.2) is 0 Å². The normalized spacial score (nSPS) is 9.18. The van der Waals surface area contributed by atoms with E-state index in [0.29, 0.717) is 6.92 Å².